The average molecular weight is 359 g/mol. The van der Waals surface area contributed by atoms with Crippen molar-refractivity contribution in [2.75, 3.05) is 20.1 Å². The van der Waals surface area contributed by atoms with Crippen molar-refractivity contribution in [2.24, 2.45) is 0 Å². The van der Waals surface area contributed by atoms with Crippen LogP contribution in [-0.2, 0) is 9.59 Å². The van der Waals surface area contributed by atoms with Crippen LogP contribution in [0.5, 0.6) is 0 Å². The summed E-state index contributed by atoms with van der Waals surface area (Å²) < 4.78 is 0. The van der Waals surface area contributed by atoms with Crippen molar-refractivity contribution >= 4 is 23.2 Å². The zero-order chi connectivity index (χ0) is 18.2. The van der Waals surface area contributed by atoms with Gasteiger partial charge in [-0.1, -0.05) is 44.2 Å². The fourth-order valence-corrected chi connectivity index (χ4v) is 3.26. The minimum absolute atomic E-state index is 0.0102. The summed E-state index contributed by atoms with van der Waals surface area (Å²) in [6.07, 6.45) is 0. The minimum atomic E-state index is -0.215. The molecule has 3 N–H and O–H groups in total. The van der Waals surface area contributed by atoms with Crippen molar-refractivity contribution in [3.05, 3.63) is 57.8 Å². The summed E-state index contributed by atoms with van der Waals surface area (Å²) in [6, 6.07) is 12.5. The van der Waals surface area contributed by atoms with Gasteiger partial charge in [-0.3, -0.25) is 14.9 Å². The quantitative estimate of drug-likeness (QED) is 0.678. The Morgan fingerprint density at radius 2 is 1.68 bits per heavy atom. The van der Waals surface area contributed by atoms with E-state index in [1.54, 1.807) is 18.4 Å². The van der Waals surface area contributed by atoms with Gasteiger partial charge in [0.25, 0.3) is 0 Å². The first-order valence-electron chi connectivity index (χ1n) is 8.35. The highest BCUT2D eigenvalue weighted by atomic mass is 32.1. The molecule has 1 aromatic heterocycles. The van der Waals surface area contributed by atoms with Crippen LogP contribution in [-0.4, -0.2) is 32.0 Å². The Balaban J connectivity index is 2.04. The van der Waals surface area contributed by atoms with Crippen molar-refractivity contribution in [1.29, 1.82) is 0 Å². The molecule has 6 heteroatoms. The van der Waals surface area contributed by atoms with E-state index in [2.05, 4.69) is 60.1 Å². The van der Waals surface area contributed by atoms with Crippen LogP contribution in [0.4, 0.5) is 0 Å². The van der Waals surface area contributed by atoms with Crippen molar-refractivity contribution in [3.63, 3.8) is 0 Å². The summed E-state index contributed by atoms with van der Waals surface area (Å²) in [5, 5.41) is 10.4. The van der Waals surface area contributed by atoms with Crippen LogP contribution < -0.4 is 16.0 Å². The number of likely N-dealkylation sites (N-methyl/N-ethyl adjacent to an activating group) is 1. The van der Waals surface area contributed by atoms with E-state index >= 15 is 0 Å². The zero-order valence-electron chi connectivity index (χ0n) is 14.8. The van der Waals surface area contributed by atoms with Crippen molar-refractivity contribution in [3.8, 4) is 0 Å². The number of hydrogen-bond acceptors (Lipinski definition) is 4. The first-order chi connectivity index (χ1) is 12.0. The van der Waals surface area contributed by atoms with E-state index in [-0.39, 0.29) is 30.9 Å². The highest BCUT2D eigenvalue weighted by Crippen LogP contribution is 2.27. The number of thiophene rings is 1. The standard InChI is InChI=1S/C19H25N3O2S/c1-13(2)14-6-8-15(9-7-14)19(16-5-4-10-25-16)22-12-18(24)21-11-17(23)20-3/h4-10,13,19,22H,11-12H2,1-3H3,(H,20,23)(H,21,24)/t19-/m1/s1. The second kappa shape index (κ2) is 9.34. The van der Waals surface area contributed by atoms with Gasteiger partial charge in [-0.05, 0) is 28.5 Å². The molecule has 1 heterocycles. The monoisotopic (exact) mass is 359 g/mol. The van der Waals surface area contributed by atoms with Gasteiger partial charge in [0.15, 0.2) is 0 Å². The third-order valence-corrected chi connectivity index (χ3v) is 4.89. The smallest absolute Gasteiger partial charge is 0.239 e. The van der Waals surface area contributed by atoms with E-state index < -0.39 is 0 Å². The number of carbonyl (C=O) groups is 2. The number of rotatable bonds is 8. The molecule has 2 rings (SSSR count). The molecule has 0 aliphatic heterocycles. The predicted molar refractivity (Wildman–Crippen MR) is 102 cm³/mol. The third-order valence-electron chi connectivity index (χ3n) is 3.96. The Morgan fingerprint density at radius 1 is 1.00 bits per heavy atom. The molecule has 0 bridgehead atoms. The molecule has 0 unspecified atom stereocenters. The maximum Gasteiger partial charge on any atom is 0.239 e. The third kappa shape index (κ3) is 5.69. The molecule has 1 aromatic carbocycles. The molecule has 0 aliphatic rings. The van der Waals surface area contributed by atoms with Gasteiger partial charge in [-0.25, -0.2) is 0 Å². The van der Waals surface area contributed by atoms with Gasteiger partial charge in [0.2, 0.25) is 11.8 Å². The summed E-state index contributed by atoms with van der Waals surface area (Å²) in [5.41, 5.74) is 2.41. The number of hydrogen-bond donors (Lipinski definition) is 3. The molecule has 0 saturated heterocycles. The largest absolute Gasteiger partial charge is 0.358 e. The van der Waals surface area contributed by atoms with Crippen molar-refractivity contribution in [1.82, 2.24) is 16.0 Å². The number of carbonyl (C=O) groups excluding carboxylic acids is 2. The van der Waals surface area contributed by atoms with Crippen LogP contribution in [0, 0.1) is 0 Å². The van der Waals surface area contributed by atoms with E-state index in [4.69, 9.17) is 0 Å². The Morgan fingerprint density at radius 3 is 2.24 bits per heavy atom. The van der Waals surface area contributed by atoms with Crippen molar-refractivity contribution < 1.29 is 9.59 Å². The first kappa shape index (κ1) is 19.1. The highest BCUT2D eigenvalue weighted by molar-refractivity contribution is 7.10. The Labute approximate surface area is 152 Å². The molecule has 1 atom stereocenters. The summed E-state index contributed by atoms with van der Waals surface area (Å²) in [5.74, 6) is 0.0640. The average Bonchev–Trinajstić information content (AvgIpc) is 3.14. The normalized spacial score (nSPS) is 12.0. The lowest BCUT2D eigenvalue weighted by Crippen LogP contribution is -2.40. The molecule has 0 spiro atoms. The molecule has 2 amide bonds. The van der Waals surface area contributed by atoms with E-state index in [1.807, 2.05) is 11.4 Å². The lowest BCUT2D eigenvalue weighted by Gasteiger charge is -2.19. The predicted octanol–water partition coefficient (Wildman–Crippen LogP) is 2.41. The molecule has 0 radical (unpaired) electrons. The first-order valence-corrected chi connectivity index (χ1v) is 9.23. The molecule has 0 fully saturated rings. The van der Waals surface area contributed by atoms with Gasteiger partial charge in [0.05, 0.1) is 19.1 Å². The lowest BCUT2D eigenvalue weighted by molar-refractivity contribution is -0.125. The van der Waals surface area contributed by atoms with Gasteiger partial charge in [-0.2, -0.15) is 0 Å². The molecule has 25 heavy (non-hydrogen) atoms. The van der Waals surface area contributed by atoms with Crippen LogP contribution in [0.2, 0.25) is 0 Å². The molecular weight excluding hydrogens is 334 g/mol. The second-order valence-corrected chi connectivity index (χ2v) is 7.08. The minimum Gasteiger partial charge on any atom is -0.358 e. The van der Waals surface area contributed by atoms with Crippen LogP contribution in [0.1, 0.15) is 41.8 Å². The van der Waals surface area contributed by atoms with Gasteiger partial charge in [0, 0.05) is 11.9 Å². The van der Waals surface area contributed by atoms with Crippen LogP contribution in [0.25, 0.3) is 0 Å². The molecule has 134 valence electrons. The summed E-state index contributed by atoms with van der Waals surface area (Å²) in [7, 11) is 1.54. The van der Waals surface area contributed by atoms with Gasteiger partial charge in [0.1, 0.15) is 0 Å². The molecule has 5 nitrogen and oxygen atoms in total. The van der Waals surface area contributed by atoms with Crippen LogP contribution in [0.3, 0.4) is 0 Å². The second-order valence-electron chi connectivity index (χ2n) is 6.10. The fourth-order valence-electron chi connectivity index (χ4n) is 2.44. The van der Waals surface area contributed by atoms with Crippen LogP contribution >= 0.6 is 11.3 Å². The highest BCUT2D eigenvalue weighted by Gasteiger charge is 2.16. The molecular formula is C19H25N3O2S. The Hall–Kier alpha value is -2.18. The summed E-state index contributed by atoms with van der Waals surface area (Å²) in [6.45, 7) is 4.47. The summed E-state index contributed by atoms with van der Waals surface area (Å²) in [4.78, 5) is 24.3. The zero-order valence-corrected chi connectivity index (χ0v) is 15.7. The van der Waals surface area contributed by atoms with E-state index in [0.29, 0.717) is 5.92 Å². The van der Waals surface area contributed by atoms with Gasteiger partial charge < -0.3 is 10.6 Å². The Kier molecular flexibility index (Phi) is 7.16. The number of benzene rings is 1. The van der Waals surface area contributed by atoms with E-state index in [0.717, 1.165) is 10.4 Å². The van der Waals surface area contributed by atoms with E-state index in [9.17, 15) is 9.59 Å². The summed E-state index contributed by atoms with van der Waals surface area (Å²) >= 11 is 1.65. The topological polar surface area (TPSA) is 70.2 Å². The van der Waals surface area contributed by atoms with Gasteiger partial charge in [-0.15, -0.1) is 11.3 Å². The molecule has 0 aliphatic carbocycles. The number of amides is 2. The maximum atomic E-state index is 12.0. The Bertz CT molecular complexity index is 681. The maximum absolute atomic E-state index is 12.0. The van der Waals surface area contributed by atoms with E-state index in [1.165, 1.54) is 5.56 Å². The SMILES string of the molecule is CNC(=O)CNC(=O)CN[C@H](c1ccc(C(C)C)cc1)c1cccs1. The van der Waals surface area contributed by atoms with Crippen LogP contribution in [0.15, 0.2) is 41.8 Å². The van der Waals surface area contributed by atoms with Crippen molar-refractivity contribution in [2.45, 2.75) is 25.8 Å². The lowest BCUT2D eigenvalue weighted by atomic mass is 9.98. The fraction of sp³-hybridized carbons (Fsp3) is 0.368. The molecule has 0 saturated carbocycles. The molecule has 2 aromatic rings. The van der Waals surface area contributed by atoms with Gasteiger partial charge >= 0.3 is 0 Å². The number of nitrogens with one attached hydrogen (secondary N) is 3.